The largest absolute Gasteiger partial charge is 0.379 e. The zero-order valence-electron chi connectivity index (χ0n) is 13.9. The number of amides is 1. The van der Waals surface area contributed by atoms with Gasteiger partial charge in [-0.1, -0.05) is 26.7 Å². The molecule has 1 aromatic rings. The molecule has 0 bridgehead atoms. The molecular formula is C16H25F2N3O2. The molecule has 0 radical (unpaired) electrons. The molecule has 1 aliphatic carbocycles. The Morgan fingerprint density at radius 2 is 2.13 bits per heavy atom. The monoisotopic (exact) mass is 329 g/mol. The van der Waals surface area contributed by atoms with Crippen molar-refractivity contribution >= 4 is 5.91 Å². The third kappa shape index (κ3) is 4.28. The summed E-state index contributed by atoms with van der Waals surface area (Å²) in [5, 5.41) is 6.82. The molecule has 23 heavy (non-hydrogen) atoms. The van der Waals surface area contributed by atoms with E-state index in [-0.39, 0.29) is 29.3 Å². The van der Waals surface area contributed by atoms with Gasteiger partial charge < -0.3 is 10.1 Å². The van der Waals surface area contributed by atoms with Crippen LogP contribution in [0.25, 0.3) is 0 Å². The number of aromatic nitrogens is 2. The molecule has 1 fully saturated rings. The molecule has 0 saturated heterocycles. The minimum atomic E-state index is -2.73. The number of methoxy groups -OCH3 is 1. The van der Waals surface area contributed by atoms with E-state index < -0.39 is 12.3 Å². The van der Waals surface area contributed by atoms with Gasteiger partial charge in [-0.05, 0) is 18.8 Å². The molecule has 0 aromatic carbocycles. The third-order valence-electron chi connectivity index (χ3n) is 4.19. The minimum absolute atomic E-state index is 0.0407. The van der Waals surface area contributed by atoms with Crippen LogP contribution in [0.4, 0.5) is 8.78 Å². The first-order valence-electron chi connectivity index (χ1n) is 8.11. The molecule has 1 saturated carbocycles. The number of nitrogens with one attached hydrogen (secondary N) is 1. The van der Waals surface area contributed by atoms with Crippen molar-refractivity contribution in [3.8, 4) is 0 Å². The van der Waals surface area contributed by atoms with E-state index in [1.807, 2.05) is 13.8 Å². The van der Waals surface area contributed by atoms with Crippen molar-refractivity contribution in [2.24, 2.45) is 5.92 Å². The summed E-state index contributed by atoms with van der Waals surface area (Å²) in [6, 6.07) is -0.139. The Labute approximate surface area is 135 Å². The molecular weight excluding hydrogens is 304 g/mol. The fourth-order valence-electron chi connectivity index (χ4n) is 3.08. The number of carbonyl (C=O) groups is 1. The van der Waals surface area contributed by atoms with Crippen LogP contribution >= 0.6 is 0 Å². The van der Waals surface area contributed by atoms with Gasteiger partial charge in [-0.3, -0.25) is 9.48 Å². The number of nitrogens with zero attached hydrogens (tertiary/aromatic N) is 2. The molecule has 0 unspecified atom stereocenters. The summed E-state index contributed by atoms with van der Waals surface area (Å²) in [7, 11) is 1.61. The third-order valence-corrected chi connectivity index (χ3v) is 4.19. The van der Waals surface area contributed by atoms with Gasteiger partial charge in [0.25, 0.3) is 12.3 Å². The van der Waals surface area contributed by atoms with E-state index in [2.05, 4.69) is 10.4 Å². The molecule has 130 valence electrons. The van der Waals surface area contributed by atoms with Crippen LogP contribution < -0.4 is 5.32 Å². The molecule has 0 spiro atoms. The van der Waals surface area contributed by atoms with Gasteiger partial charge in [0.1, 0.15) is 5.69 Å². The van der Waals surface area contributed by atoms with E-state index in [1.54, 1.807) is 7.11 Å². The van der Waals surface area contributed by atoms with Crippen molar-refractivity contribution in [1.82, 2.24) is 15.1 Å². The first-order chi connectivity index (χ1) is 10.9. The lowest BCUT2D eigenvalue weighted by atomic mass is 9.92. The number of carbonyl (C=O) groups excluding carboxylic acids is 1. The van der Waals surface area contributed by atoms with Crippen LogP contribution in [0.1, 0.15) is 62.0 Å². The van der Waals surface area contributed by atoms with E-state index in [1.165, 1.54) is 10.9 Å². The SMILES string of the molecule is CO[C@@H]1CCCC[C@H]1NC(=O)c1cnn(CC(C)C)c1C(F)F. The summed E-state index contributed by atoms with van der Waals surface area (Å²) in [6.45, 7) is 4.20. The zero-order chi connectivity index (χ0) is 17.0. The second-order valence-corrected chi connectivity index (χ2v) is 6.46. The van der Waals surface area contributed by atoms with Gasteiger partial charge in [-0.15, -0.1) is 0 Å². The molecule has 2 rings (SSSR count). The normalized spacial score (nSPS) is 21.9. The molecule has 1 N–H and O–H groups in total. The standard InChI is InChI=1S/C16H25F2N3O2/c1-10(2)9-21-14(15(17)18)11(8-19-21)16(22)20-12-6-4-5-7-13(12)23-3/h8,10,12-13,15H,4-7,9H2,1-3H3,(H,20,22)/t12-,13-/m1/s1. The van der Waals surface area contributed by atoms with Gasteiger partial charge in [0.2, 0.25) is 0 Å². The number of hydrogen-bond donors (Lipinski definition) is 1. The van der Waals surface area contributed by atoms with E-state index in [0.717, 1.165) is 25.7 Å². The first-order valence-corrected chi connectivity index (χ1v) is 8.11. The maximum absolute atomic E-state index is 13.4. The zero-order valence-corrected chi connectivity index (χ0v) is 13.9. The number of rotatable bonds is 6. The fraction of sp³-hybridized carbons (Fsp3) is 0.750. The molecule has 1 aromatic heterocycles. The highest BCUT2D eigenvalue weighted by Crippen LogP contribution is 2.25. The Hall–Kier alpha value is -1.50. The van der Waals surface area contributed by atoms with Crippen molar-refractivity contribution in [3.05, 3.63) is 17.5 Å². The van der Waals surface area contributed by atoms with Gasteiger partial charge in [0, 0.05) is 13.7 Å². The number of alkyl halides is 2. The summed E-state index contributed by atoms with van der Waals surface area (Å²) < 4.78 is 33.4. The first kappa shape index (κ1) is 17.8. The average molecular weight is 329 g/mol. The van der Waals surface area contributed by atoms with Crippen molar-refractivity contribution in [1.29, 1.82) is 0 Å². The van der Waals surface area contributed by atoms with Crippen molar-refractivity contribution < 1.29 is 18.3 Å². The van der Waals surface area contributed by atoms with Crippen LogP contribution in [-0.4, -0.2) is 34.9 Å². The molecule has 2 atom stereocenters. The lowest BCUT2D eigenvalue weighted by molar-refractivity contribution is 0.0390. The fourth-order valence-corrected chi connectivity index (χ4v) is 3.08. The smallest absolute Gasteiger partial charge is 0.280 e. The Morgan fingerprint density at radius 1 is 1.43 bits per heavy atom. The lowest BCUT2D eigenvalue weighted by Crippen LogP contribution is -2.46. The number of ether oxygens (including phenoxy) is 1. The topological polar surface area (TPSA) is 56.1 Å². The molecule has 1 amide bonds. The Bertz CT molecular complexity index is 531. The predicted octanol–water partition coefficient (Wildman–Crippen LogP) is 3.16. The van der Waals surface area contributed by atoms with Crippen LogP contribution in [0.2, 0.25) is 0 Å². The highest BCUT2D eigenvalue weighted by Gasteiger charge is 2.30. The van der Waals surface area contributed by atoms with Crippen LogP contribution in [0.5, 0.6) is 0 Å². The molecule has 1 aliphatic rings. The maximum Gasteiger partial charge on any atom is 0.280 e. The average Bonchev–Trinajstić information content (AvgIpc) is 2.90. The van der Waals surface area contributed by atoms with Gasteiger partial charge in [-0.25, -0.2) is 8.78 Å². The maximum atomic E-state index is 13.4. The Kier molecular flexibility index (Phi) is 6.10. The van der Waals surface area contributed by atoms with E-state index in [9.17, 15) is 13.6 Å². The summed E-state index contributed by atoms with van der Waals surface area (Å²) in [6.07, 6.45) is 2.17. The highest BCUT2D eigenvalue weighted by atomic mass is 19.3. The molecule has 1 heterocycles. The second kappa shape index (κ2) is 7.86. The van der Waals surface area contributed by atoms with E-state index >= 15 is 0 Å². The van der Waals surface area contributed by atoms with Crippen LogP contribution in [0.3, 0.4) is 0 Å². The van der Waals surface area contributed by atoms with Crippen LogP contribution in [0, 0.1) is 5.92 Å². The van der Waals surface area contributed by atoms with E-state index in [4.69, 9.17) is 4.74 Å². The van der Waals surface area contributed by atoms with Crippen molar-refractivity contribution in [2.75, 3.05) is 7.11 Å². The Balaban J connectivity index is 2.16. The van der Waals surface area contributed by atoms with Gasteiger partial charge >= 0.3 is 0 Å². The van der Waals surface area contributed by atoms with Gasteiger partial charge in [-0.2, -0.15) is 5.10 Å². The second-order valence-electron chi connectivity index (χ2n) is 6.46. The van der Waals surface area contributed by atoms with E-state index in [0.29, 0.717) is 6.54 Å². The molecule has 5 nitrogen and oxygen atoms in total. The summed E-state index contributed by atoms with van der Waals surface area (Å²) >= 11 is 0. The summed E-state index contributed by atoms with van der Waals surface area (Å²) in [5.41, 5.74) is -0.345. The van der Waals surface area contributed by atoms with Crippen molar-refractivity contribution in [2.45, 2.75) is 64.6 Å². The Morgan fingerprint density at radius 3 is 2.74 bits per heavy atom. The number of halogens is 2. The highest BCUT2D eigenvalue weighted by molar-refractivity contribution is 5.95. The quantitative estimate of drug-likeness (QED) is 0.872. The van der Waals surface area contributed by atoms with Crippen LogP contribution in [-0.2, 0) is 11.3 Å². The number of hydrogen-bond acceptors (Lipinski definition) is 3. The van der Waals surface area contributed by atoms with Gasteiger partial charge in [0.05, 0.1) is 23.9 Å². The molecule has 7 heteroatoms. The lowest BCUT2D eigenvalue weighted by Gasteiger charge is -2.31. The molecule has 0 aliphatic heterocycles. The van der Waals surface area contributed by atoms with Gasteiger partial charge in [0.15, 0.2) is 0 Å². The van der Waals surface area contributed by atoms with Crippen molar-refractivity contribution in [3.63, 3.8) is 0 Å². The minimum Gasteiger partial charge on any atom is -0.379 e. The summed E-state index contributed by atoms with van der Waals surface area (Å²) in [5.74, 6) is -0.330. The predicted molar refractivity (Wildman–Crippen MR) is 82.5 cm³/mol. The van der Waals surface area contributed by atoms with Crippen LogP contribution in [0.15, 0.2) is 6.20 Å². The summed E-state index contributed by atoms with van der Waals surface area (Å²) in [4.78, 5) is 12.4.